The van der Waals surface area contributed by atoms with Crippen molar-refractivity contribution in [3.05, 3.63) is 25.0 Å². The Labute approximate surface area is 103 Å². The van der Waals surface area contributed by atoms with E-state index in [1.807, 2.05) is 13.8 Å². The van der Waals surface area contributed by atoms with Crippen LogP contribution in [-0.2, 0) is 19.0 Å². The second kappa shape index (κ2) is 7.90. The summed E-state index contributed by atoms with van der Waals surface area (Å²) in [5, 5.41) is 0. The van der Waals surface area contributed by atoms with Crippen LogP contribution in [0.5, 0.6) is 0 Å². The molecule has 0 saturated heterocycles. The Morgan fingerprint density at radius 3 is 2.41 bits per heavy atom. The molecule has 0 aromatic carbocycles. The van der Waals surface area contributed by atoms with Crippen LogP contribution in [0.4, 0.5) is 0 Å². The van der Waals surface area contributed by atoms with Crippen LogP contribution in [0.3, 0.4) is 0 Å². The summed E-state index contributed by atoms with van der Waals surface area (Å²) < 4.78 is 15.7. The number of esters is 1. The topological polar surface area (TPSA) is 44.8 Å². The first-order valence-corrected chi connectivity index (χ1v) is 5.59. The van der Waals surface area contributed by atoms with Gasteiger partial charge in [-0.1, -0.05) is 13.2 Å². The van der Waals surface area contributed by atoms with Crippen LogP contribution in [-0.4, -0.2) is 31.4 Å². The molecule has 0 aromatic heterocycles. The van der Waals surface area contributed by atoms with Crippen molar-refractivity contribution < 1.29 is 19.0 Å². The SMILES string of the molecule is C=CC(=O)OCCC(C)(C)OCCOC(=C)C. The van der Waals surface area contributed by atoms with Crippen molar-refractivity contribution in [1.82, 2.24) is 0 Å². The highest BCUT2D eigenvalue weighted by atomic mass is 16.5. The zero-order valence-electron chi connectivity index (χ0n) is 11.0. The molecule has 0 aliphatic carbocycles. The van der Waals surface area contributed by atoms with E-state index in [1.54, 1.807) is 6.92 Å². The molecule has 0 saturated carbocycles. The molecule has 0 spiro atoms. The molecule has 0 radical (unpaired) electrons. The maximum atomic E-state index is 10.8. The molecular weight excluding hydrogens is 220 g/mol. The van der Waals surface area contributed by atoms with E-state index < -0.39 is 5.97 Å². The predicted octanol–water partition coefficient (Wildman–Crippen LogP) is 2.45. The van der Waals surface area contributed by atoms with Crippen molar-refractivity contribution >= 4 is 5.97 Å². The molecule has 4 nitrogen and oxygen atoms in total. The number of hydrogen-bond acceptors (Lipinski definition) is 4. The van der Waals surface area contributed by atoms with E-state index in [4.69, 9.17) is 14.2 Å². The summed E-state index contributed by atoms with van der Waals surface area (Å²) in [6, 6.07) is 0. The zero-order valence-corrected chi connectivity index (χ0v) is 11.0. The molecule has 0 aliphatic rings. The average Bonchev–Trinajstić information content (AvgIpc) is 2.23. The highest BCUT2D eigenvalue weighted by Crippen LogP contribution is 2.14. The maximum Gasteiger partial charge on any atom is 0.330 e. The lowest BCUT2D eigenvalue weighted by molar-refractivity contribution is -0.139. The molecule has 0 bridgehead atoms. The van der Waals surface area contributed by atoms with Crippen molar-refractivity contribution in [2.75, 3.05) is 19.8 Å². The summed E-state index contributed by atoms with van der Waals surface area (Å²) in [4.78, 5) is 10.8. The molecule has 0 amide bonds. The fraction of sp³-hybridized carbons (Fsp3) is 0.615. The molecule has 0 rings (SSSR count). The third kappa shape index (κ3) is 9.63. The van der Waals surface area contributed by atoms with Crippen LogP contribution in [0.15, 0.2) is 25.0 Å². The summed E-state index contributed by atoms with van der Waals surface area (Å²) in [7, 11) is 0. The van der Waals surface area contributed by atoms with Gasteiger partial charge in [-0.25, -0.2) is 4.79 Å². The minimum absolute atomic E-state index is 0.319. The Hall–Kier alpha value is -1.29. The van der Waals surface area contributed by atoms with Crippen molar-refractivity contribution in [2.45, 2.75) is 32.8 Å². The summed E-state index contributed by atoms with van der Waals surface area (Å²) in [5.74, 6) is 0.262. The van der Waals surface area contributed by atoms with Gasteiger partial charge in [0.05, 0.1) is 24.6 Å². The van der Waals surface area contributed by atoms with Crippen molar-refractivity contribution in [1.29, 1.82) is 0 Å². The summed E-state index contributed by atoms with van der Waals surface area (Å²) >= 11 is 0. The van der Waals surface area contributed by atoms with Gasteiger partial charge in [-0.3, -0.25) is 0 Å². The lowest BCUT2D eigenvalue weighted by Crippen LogP contribution is -2.28. The molecule has 0 unspecified atom stereocenters. The Morgan fingerprint density at radius 1 is 1.24 bits per heavy atom. The number of carbonyl (C=O) groups is 1. The molecule has 98 valence electrons. The molecular formula is C13H22O4. The number of carbonyl (C=O) groups excluding carboxylic acids is 1. The molecule has 0 fully saturated rings. The molecule has 0 aliphatic heterocycles. The van der Waals surface area contributed by atoms with Crippen LogP contribution in [0.1, 0.15) is 27.2 Å². The summed E-state index contributed by atoms with van der Waals surface area (Å²) in [6.07, 6.45) is 1.77. The van der Waals surface area contributed by atoms with Gasteiger partial charge in [0.15, 0.2) is 0 Å². The average molecular weight is 242 g/mol. The van der Waals surface area contributed by atoms with Gasteiger partial charge in [-0.05, 0) is 20.8 Å². The zero-order chi connectivity index (χ0) is 13.3. The predicted molar refractivity (Wildman–Crippen MR) is 66.6 cm³/mol. The minimum atomic E-state index is -0.411. The smallest absolute Gasteiger partial charge is 0.330 e. The molecule has 0 N–H and O–H groups in total. The van der Waals surface area contributed by atoms with Crippen LogP contribution in [0, 0.1) is 0 Å². The van der Waals surface area contributed by atoms with E-state index in [2.05, 4.69) is 13.2 Å². The maximum absolute atomic E-state index is 10.8. The number of rotatable bonds is 9. The number of hydrogen-bond donors (Lipinski definition) is 0. The highest BCUT2D eigenvalue weighted by Gasteiger charge is 2.18. The van der Waals surface area contributed by atoms with Gasteiger partial charge in [0.25, 0.3) is 0 Å². The van der Waals surface area contributed by atoms with Crippen LogP contribution < -0.4 is 0 Å². The first-order chi connectivity index (χ1) is 7.87. The van der Waals surface area contributed by atoms with E-state index in [0.29, 0.717) is 32.0 Å². The van der Waals surface area contributed by atoms with Crippen LogP contribution in [0.2, 0.25) is 0 Å². The molecule has 4 heteroatoms. The Balaban J connectivity index is 3.68. The molecule has 0 atom stereocenters. The molecule has 0 aromatic rings. The second-order valence-electron chi connectivity index (χ2n) is 4.28. The van der Waals surface area contributed by atoms with Gasteiger partial charge < -0.3 is 14.2 Å². The normalized spacial score (nSPS) is 10.8. The van der Waals surface area contributed by atoms with E-state index in [0.717, 1.165) is 6.08 Å². The number of ether oxygens (including phenoxy) is 3. The third-order valence-electron chi connectivity index (χ3n) is 2.04. The van der Waals surface area contributed by atoms with Gasteiger partial charge in [0.2, 0.25) is 0 Å². The van der Waals surface area contributed by atoms with E-state index in [1.165, 1.54) is 0 Å². The fourth-order valence-corrected chi connectivity index (χ4v) is 1.06. The Bertz CT molecular complexity index is 269. The summed E-state index contributed by atoms with van der Waals surface area (Å²) in [5.41, 5.74) is -0.347. The van der Waals surface area contributed by atoms with Crippen molar-refractivity contribution in [2.24, 2.45) is 0 Å². The second-order valence-corrected chi connectivity index (χ2v) is 4.28. The van der Waals surface area contributed by atoms with Gasteiger partial charge in [-0.2, -0.15) is 0 Å². The van der Waals surface area contributed by atoms with Crippen molar-refractivity contribution in [3.8, 4) is 0 Å². The monoisotopic (exact) mass is 242 g/mol. The Kier molecular flexibility index (Phi) is 7.30. The Morgan fingerprint density at radius 2 is 1.88 bits per heavy atom. The summed E-state index contributed by atoms with van der Waals surface area (Å²) in [6.45, 7) is 13.9. The van der Waals surface area contributed by atoms with Gasteiger partial charge in [0.1, 0.15) is 6.61 Å². The van der Waals surface area contributed by atoms with Gasteiger partial charge in [-0.15, -0.1) is 0 Å². The highest BCUT2D eigenvalue weighted by molar-refractivity contribution is 5.81. The van der Waals surface area contributed by atoms with Gasteiger partial charge >= 0.3 is 5.97 Å². The number of allylic oxidation sites excluding steroid dienone is 1. The van der Waals surface area contributed by atoms with Gasteiger partial charge in [0, 0.05) is 12.5 Å². The van der Waals surface area contributed by atoms with E-state index >= 15 is 0 Å². The largest absolute Gasteiger partial charge is 0.496 e. The van der Waals surface area contributed by atoms with Crippen LogP contribution in [0.25, 0.3) is 0 Å². The lowest BCUT2D eigenvalue weighted by Gasteiger charge is -2.25. The molecule has 0 heterocycles. The van der Waals surface area contributed by atoms with E-state index in [-0.39, 0.29) is 5.60 Å². The van der Waals surface area contributed by atoms with Crippen LogP contribution >= 0.6 is 0 Å². The lowest BCUT2D eigenvalue weighted by atomic mass is 10.1. The first kappa shape index (κ1) is 15.7. The fourth-order valence-electron chi connectivity index (χ4n) is 1.06. The van der Waals surface area contributed by atoms with Crippen molar-refractivity contribution in [3.63, 3.8) is 0 Å². The first-order valence-electron chi connectivity index (χ1n) is 5.59. The standard InChI is InChI=1S/C13H22O4/c1-6-12(14)16-8-7-13(4,5)17-10-9-15-11(2)3/h6H,1-2,7-10H2,3-5H3. The minimum Gasteiger partial charge on any atom is -0.496 e. The molecule has 17 heavy (non-hydrogen) atoms. The quantitative estimate of drug-likeness (QED) is 0.270. The third-order valence-corrected chi connectivity index (χ3v) is 2.04. The van der Waals surface area contributed by atoms with E-state index in [9.17, 15) is 4.79 Å².